The Kier molecular flexibility index (Phi) is 6.19. The van der Waals surface area contributed by atoms with E-state index in [4.69, 9.17) is 4.74 Å². The first-order chi connectivity index (χ1) is 14.0. The van der Waals surface area contributed by atoms with Crippen molar-refractivity contribution in [3.63, 3.8) is 0 Å². The first-order valence-electron chi connectivity index (χ1n) is 9.20. The zero-order chi connectivity index (χ0) is 20.8. The van der Waals surface area contributed by atoms with Crippen LogP contribution in [0.5, 0.6) is 0 Å². The molecule has 0 radical (unpaired) electrons. The van der Waals surface area contributed by atoms with Crippen LogP contribution in [-0.4, -0.2) is 29.0 Å². The zero-order valence-corrected chi connectivity index (χ0v) is 16.5. The highest BCUT2D eigenvalue weighted by Crippen LogP contribution is 2.18. The summed E-state index contributed by atoms with van der Waals surface area (Å²) in [6.45, 7) is 3.79. The lowest BCUT2D eigenvalue weighted by atomic mass is 10.1. The largest absolute Gasteiger partial charge is 0.465 e. The van der Waals surface area contributed by atoms with Crippen molar-refractivity contribution in [1.82, 2.24) is 9.97 Å². The number of carbonyl (C=O) groups is 2. The number of aryl methyl sites for hydroxylation is 2. The molecule has 7 nitrogen and oxygen atoms in total. The van der Waals surface area contributed by atoms with Gasteiger partial charge in [-0.05, 0) is 49.2 Å². The summed E-state index contributed by atoms with van der Waals surface area (Å²) in [5, 5.41) is 5.94. The average Bonchev–Trinajstić information content (AvgIpc) is 2.73. The van der Waals surface area contributed by atoms with Crippen molar-refractivity contribution in [1.29, 1.82) is 0 Å². The first-order valence-corrected chi connectivity index (χ1v) is 9.20. The van der Waals surface area contributed by atoms with Gasteiger partial charge in [0.15, 0.2) is 0 Å². The third kappa shape index (κ3) is 5.16. The van der Waals surface area contributed by atoms with Crippen LogP contribution in [0.15, 0.2) is 54.6 Å². The first kappa shape index (κ1) is 20.0. The van der Waals surface area contributed by atoms with E-state index in [1.807, 2.05) is 24.3 Å². The van der Waals surface area contributed by atoms with E-state index < -0.39 is 5.97 Å². The van der Waals surface area contributed by atoms with Crippen molar-refractivity contribution in [2.45, 2.75) is 20.3 Å². The molecular weight excluding hydrogens is 368 g/mol. The van der Waals surface area contributed by atoms with Gasteiger partial charge in [0.25, 0.3) is 5.91 Å². The van der Waals surface area contributed by atoms with Gasteiger partial charge in [-0.2, -0.15) is 0 Å². The average molecular weight is 390 g/mol. The highest BCUT2D eigenvalue weighted by Gasteiger charge is 2.12. The maximum Gasteiger partial charge on any atom is 0.337 e. The highest BCUT2D eigenvalue weighted by molar-refractivity contribution is 6.03. The molecule has 0 saturated carbocycles. The lowest BCUT2D eigenvalue weighted by molar-refractivity contribution is 0.0600. The summed E-state index contributed by atoms with van der Waals surface area (Å²) in [7, 11) is 1.33. The Morgan fingerprint density at radius 3 is 2.45 bits per heavy atom. The van der Waals surface area contributed by atoms with Gasteiger partial charge in [-0.1, -0.05) is 25.1 Å². The fourth-order valence-electron chi connectivity index (χ4n) is 2.76. The predicted octanol–water partition coefficient (Wildman–Crippen LogP) is 4.13. The van der Waals surface area contributed by atoms with Gasteiger partial charge in [0.1, 0.15) is 17.3 Å². The van der Waals surface area contributed by atoms with Crippen LogP contribution >= 0.6 is 0 Å². The van der Waals surface area contributed by atoms with Crippen LogP contribution in [0.1, 0.15) is 39.2 Å². The lowest BCUT2D eigenvalue weighted by Crippen LogP contribution is -2.15. The van der Waals surface area contributed by atoms with E-state index in [-0.39, 0.29) is 11.6 Å². The molecule has 1 heterocycles. The summed E-state index contributed by atoms with van der Waals surface area (Å²) in [4.78, 5) is 32.9. The van der Waals surface area contributed by atoms with Gasteiger partial charge in [0.2, 0.25) is 0 Å². The van der Waals surface area contributed by atoms with Gasteiger partial charge in [-0.25, -0.2) is 14.8 Å². The molecule has 2 N–H and O–H groups in total. The van der Waals surface area contributed by atoms with Crippen LogP contribution < -0.4 is 10.6 Å². The Balaban J connectivity index is 1.78. The number of hydrogen-bond donors (Lipinski definition) is 2. The number of nitrogens with one attached hydrogen (secondary N) is 2. The lowest BCUT2D eigenvalue weighted by Gasteiger charge is -2.10. The van der Waals surface area contributed by atoms with Crippen molar-refractivity contribution in [3.05, 3.63) is 77.2 Å². The van der Waals surface area contributed by atoms with Crippen LogP contribution in [0.4, 0.5) is 17.2 Å². The predicted molar refractivity (Wildman–Crippen MR) is 112 cm³/mol. The van der Waals surface area contributed by atoms with E-state index in [9.17, 15) is 9.59 Å². The van der Waals surface area contributed by atoms with Crippen LogP contribution in [0.25, 0.3) is 0 Å². The van der Waals surface area contributed by atoms with Gasteiger partial charge in [0.05, 0.1) is 12.7 Å². The van der Waals surface area contributed by atoms with Gasteiger partial charge in [-0.3, -0.25) is 4.79 Å². The smallest absolute Gasteiger partial charge is 0.337 e. The molecule has 29 heavy (non-hydrogen) atoms. The molecule has 0 fully saturated rings. The molecule has 0 aliphatic rings. The SMILES string of the molecule is CCc1ccc(NC(=O)c2cc(Nc3cccc(C(=O)OC)c3)nc(C)n2)cc1. The molecule has 0 atom stereocenters. The summed E-state index contributed by atoms with van der Waals surface area (Å²) in [6.07, 6.45) is 0.936. The Bertz CT molecular complexity index is 1030. The molecule has 3 aromatic rings. The molecule has 0 spiro atoms. The van der Waals surface area contributed by atoms with Crippen molar-refractivity contribution in [2.75, 3.05) is 17.7 Å². The number of anilines is 3. The molecule has 0 unspecified atom stereocenters. The number of rotatable bonds is 6. The molecule has 3 rings (SSSR count). The number of esters is 1. The monoisotopic (exact) mass is 390 g/mol. The van der Waals surface area contributed by atoms with Crippen LogP contribution in [-0.2, 0) is 11.2 Å². The number of amides is 1. The van der Waals surface area contributed by atoms with E-state index in [0.29, 0.717) is 28.6 Å². The number of hydrogen-bond acceptors (Lipinski definition) is 6. The molecule has 0 aliphatic carbocycles. The van der Waals surface area contributed by atoms with Gasteiger partial charge < -0.3 is 15.4 Å². The third-order valence-corrected chi connectivity index (χ3v) is 4.25. The number of ether oxygens (including phenoxy) is 1. The quantitative estimate of drug-likeness (QED) is 0.615. The Labute approximate surface area is 169 Å². The standard InChI is InChI=1S/C22H22N4O3/c1-4-15-8-10-17(11-9-15)26-21(27)19-13-20(24-14(2)23-19)25-18-7-5-6-16(12-18)22(28)29-3/h5-13H,4H2,1-3H3,(H,26,27)(H,23,24,25). The van der Waals surface area contributed by atoms with Gasteiger partial charge in [0, 0.05) is 17.4 Å². The molecule has 1 aromatic heterocycles. The van der Waals surface area contributed by atoms with Gasteiger partial charge in [-0.15, -0.1) is 0 Å². The second kappa shape index (κ2) is 8.97. The van der Waals surface area contributed by atoms with Crippen molar-refractivity contribution in [2.24, 2.45) is 0 Å². The molecule has 7 heteroatoms. The Hall–Kier alpha value is -3.74. The zero-order valence-electron chi connectivity index (χ0n) is 16.5. The third-order valence-electron chi connectivity index (χ3n) is 4.25. The highest BCUT2D eigenvalue weighted by atomic mass is 16.5. The summed E-state index contributed by atoms with van der Waals surface area (Å²) < 4.78 is 4.74. The fraction of sp³-hybridized carbons (Fsp3) is 0.182. The van der Waals surface area contributed by atoms with E-state index in [1.165, 1.54) is 12.7 Å². The Morgan fingerprint density at radius 2 is 1.76 bits per heavy atom. The van der Waals surface area contributed by atoms with Crippen molar-refractivity contribution in [3.8, 4) is 0 Å². The van der Waals surface area contributed by atoms with Gasteiger partial charge >= 0.3 is 5.97 Å². The van der Waals surface area contributed by atoms with Crippen LogP contribution in [0, 0.1) is 6.92 Å². The summed E-state index contributed by atoms with van der Waals surface area (Å²) in [6, 6.07) is 16.1. The maximum absolute atomic E-state index is 12.6. The minimum atomic E-state index is -0.429. The van der Waals surface area contributed by atoms with Crippen LogP contribution in [0.2, 0.25) is 0 Å². The van der Waals surface area contributed by atoms with E-state index in [0.717, 1.165) is 6.42 Å². The van der Waals surface area contributed by atoms with E-state index >= 15 is 0 Å². The number of carbonyl (C=O) groups excluding carboxylic acids is 2. The number of aromatic nitrogens is 2. The summed E-state index contributed by atoms with van der Waals surface area (Å²) in [5.41, 5.74) is 3.19. The summed E-state index contributed by atoms with van der Waals surface area (Å²) >= 11 is 0. The summed E-state index contributed by atoms with van der Waals surface area (Å²) in [5.74, 6) is 0.143. The second-order valence-corrected chi connectivity index (χ2v) is 6.39. The molecule has 0 bridgehead atoms. The van der Waals surface area contributed by atoms with Crippen molar-refractivity contribution >= 4 is 29.1 Å². The molecule has 0 saturated heterocycles. The molecule has 148 valence electrons. The van der Waals surface area contributed by atoms with Crippen molar-refractivity contribution < 1.29 is 14.3 Å². The molecule has 1 amide bonds. The maximum atomic E-state index is 12.6. The number of methoxy groups -OCH3 is 1. The minimum absolute atomic E-state index is 0.240. The Morgan fingerprint density at radius 1 is 1.00 bits per heavy atom. The number of nitrogens with zero attached hydrogens (tertiary/aromatic N) is 2. The van der Waals surface area contributed by atoms with Crippen LogP contribution in [0.3, 0.4) is 0 Å². The molecule has 2 aromatic carbocycles. The second-order valence-electron chi connectivity index (χ2n) is 6.39. The van der Waals surface area contributed by atoms with E-state index in [1.54, 1.807) is 37.3 Å². The minimum Gasteiger partial charge on any atom is -0.465 e. The normalized spacial score (nSPS) is 10.3. The fourth-order valence-corrected chi connectivity index (χ4v) is 2.76. The van der Waals surface area contributed by atoms with E-state index in [2.05, 4.69) is 27.5 Å². The molecular formula is C22H22N4O3. The molecule has 0 aliphatic heterocycles. The number of benzene rings is 2. The topological polar surface area (TPSA) is 93.2 Å².